The number of anilines is 2. The molecule has 7 heteroatoms. The van der Waals surface area contributed by atoms with E-state index in [1.165, 1.54) is 6.07 Å². The number of hydrogen-bond acceptors (Lipinski definition) is 5. The van der Waals surface area contributed by atoms with Crippen molar-refractivity contribution in [1.82, 2.24) is 0 Å². The summed E-state index contributed by atoms with van der Waals surface area (Å²) < 4.78 is 5.31. The molecule has 1 fully saturated rings. The molecule has 2 aromatic carbocycles. The number of hydrogen-bond donors (Lipinski definition) is 0. The molecule has 140 valence electrons. The van der Waals surface area contributed by atoms with Crippen LogP contribution in [0.5, 0.6) is 0 Å². The highest BCUT2D eigenvalue weighted by Gasteiger charge is 2.25. The zero-order valence-corrected chi connectivity index (χ0v) is 14.9. The van der Waals surface area contributed by atoms with E-state index in [2.05, 4.69) is 6.58 Å². The van der Waals surface area contributed by atoms with Gasteiger partial charge in [0.15, 0.2) is 0 Å². The quantitative estimate of drug-likeness (QED) is 0.445. The molecule has 1 aliphatic heterocycles. The number of benzene rings is 2. The fourth-order valence-corrected chi connectivity index (χ4v) is 3.07. The lowest BCUT2D eigenvalue weighted by molar-refractivity contribution is -0.384. The largest absolute Gasteiger partial charge is 0.378 e. The minimum absolute atomic E-state index is 0.0747. The van der Waals surface area contributed by atoms with Gasteiger partial charge in [0.2, 0.25) is 0 Å². The summed E-state index contributed by atoms with van der Waals surface area (Å²) in [7, 11) is 0. The molecule has 1 amide bonds. The first kappa shape index (κ1) is 18.6. The predicted molar refractivity (Wildman–Crippen MR) is 104 cm³/mol. The average molecular weight is 367 g/mol. The van der Waals surface area contributed by atoms with Crippen LogP contribution in [-0.2, 0) is 4.74 Å². The second-order valence-electron chi connectivity index (χ2n) is 6.10. The molecule has 3 rings (SSSR count). The summed E-state index contributed by atoms with van der Waals surface area (Å²) in [6.45, 7) is 6.23. The molecule has 0 bridgehead atoms. The van der Waals surface area contributed by atoms with Crippen LogP contribution >= 0.6 is 0 Å². The van der Waals surface area contributed by atoms with Gasteiger partial charge in [-0.2, -0.15) is 0 Å². The van der Waals surface area contributed by atoms with Gasteiger partial charge in [-0.3, -0.25) is 14.9 Å². The van der Waals surface area contributed by atoms with Gasteiger partial charge in [0, 0.05) is 37.0 Å². The van der Waals surface area contributed by atoms with E-state index in [9.17, 15) is 14.9 Å². The molecule has 0 aromatic heterocycles. The van der Waals surface area contributed by atoms with Gasteiger partial charge >= 0.3 is 0 Å². The first-order chi connectivity index (χ1) is 13.1. The van der Waals surface area contributed by atoms with E-state index >= 15 is 0 Å². The van der Waals surface area contributed by atoms with E-state index < -0.39 is 4.92 Å². The summed E-state index contributed by atoms with van der Waals surface area (Å²) in [6, 6.07) is 13.8. The van der Waals surface area contributed by atoms with Crippen molar-refractivity contribution in [2.24, 2.45) is 0 Å². The first-order valence-electron chi connectivity index (χ1n) is 8.70. The number of ether oxygens (including phenoxy) is 1. The summed E-state index contributed by atoms with van der Waals surface area (Å²) in [5.41, 5.74) is 1.41. The summed E-state index contributed by atoms with van der Waals surface area (Å²) in [5.74, 6) is -0.308. The van der Waals surface area contributed by atoms with Crippen LogP contribution in [-0.4, -0.2) is 43.7 Å². The maximum absolute atomic E-state index is 13.0. The van der Waals surface area contributed by atoms with E-state index in [4.69, 9.17) is 4.74 Å². The molecular formula is C20H21N3O4. The number of para-hydroxylation sites is 1. The third-order valence-electron chi connectivity index (χ3n) is 4.40. The normalized spacial score (nSPS) is 13.9. The summed E-state index contributed by atoms with van der Waals surface area (Å²) in [4.78, 5) is 27.6. The lowest BCUT2D eigenvalue weighted by atomic mass is 10.1. The second kappa shape index (κ2) is 8.46. The van der Waals surface area contributed by atoms with Crippen LogP contribution in [0, 0.1) is 10.1 Å². The number of nitrogens with zero attached hydrogens (tertiary/aromatic N) is 3. The Morgan fingerprint density at radius 3 is 2.56 bits per heavy atom. The zero-order valence-electron chi connectivity index (χ0n) is 14.9. The van der Waals surface area contributed by atoms with Crippen molar-refractivity contribution in [2.45, 2.75) is 0 Å². The minimum atomic E-state index is -0.443. The molecule has 0 saturated carbocycles. The molecule has 2 aromatic rings. The van der Waals surface area contributed by atoms with Gasteiger partial charge in [-0.05, 0) is 24.3 Å². The van der Waals surface area contributed by atoms with Gasteiger partial charge in [0.05, 0.1) is 18.1 Å². The van der Waals surface area contributed by atoms with Crippen molar-refractivity contribution in [1.29, 1.82) is 0 Å². The van der Waals surface area contributed by atoms with Gasteiger partial charge in [-0.1, -0.05) is 24.3 Å². The predicted octanol–water partition coefficient (Wildman–Crippen LogP) is 3.26. The van der Waals surface area contributed by atoms with Gasteiger partial charge in [-0.25, -0.2) is 0 Å². The Bertz CT molecular complexity index is 832. The Labute approximate surface area is 157 Å². The standard InChI is InChI=1S/C20H21N3O4/c1-2-10-22(17-6-4-3-5-7-17)20(24)16-8-9-18(19(15-16)23(25)26)21-11-13-27-14-12-21/h2-9,15H,1,10-14H2. The van der Waals surface area contributed by atoms with Gasteiger partial charge in [0.1, 0.15) is 5.69 Å². The van der Waals surface area contributed by atoms with Crippen molar-refractivity contribution >= 4 is 23.0 Å². The van der Waals surface area contributed by atoms with Gasteiger partial charge < -0.3 is 14.5 Å². The molecule has 1 aliphatic rings. The lowest BCUT2D eigenvalue weighted by Crippen LogP contribution is -2.36. The number of rotatable bonds is 6. The van der Waals surface area contributed by atoms with Crippen molar-refractivity contribution in [3.05, 3.63) is 76.9 Å². The van der Waals surface area contributed by atoms with E-state index in [-0.39, 0.29) is 17.2 Å². The molecule has 27 heavy (non-hydrogen) atoms. The van der Waals surface area contributed by atoms with Crippen LogP contribution in [0.3, 0.4) is 0 Å². The second-order valence-corrected chi connectivity index (χ2v) is 6.10. The first-order valence-corrected chi connectivity index (χ1v) is 8.70. The maximum Gasteiger partial charge on any atom is 0.293 e. The molecule has 0 radical (unpaired) electrons. The molecular weight excluding hydrogens is 346 g/mol. The van der Waals surface area contributed by atoms with Crippen molar-refractivity contribution < 1.29 is 14.5 Å². The Balaban J connectivity index is 1.95. The fraction of sp³-hybridized carbons (Fsp3) is 0.250. The Kier molecular flexibility index (Phi) is 5.83. The van der Waals surface area contributed by atoms with Gasteiger partial charge in [0.25, 0.3) is 11.6 Å². The smallest absolute Gasteiger partial charge is 0.293 e. The molecule has 0 aliphatic carbocycles. The Hall–Kier alpha value is -3.19. The van der Waals surface area contributed by atoms with E-state index in [1.807, 2.05) is 35.2 Å². The number of morpholine rings is 1. The van der Waals surface area contributed by atoms with Crippen LogP contribution in [0.1, 0.15) is 10.4 Å². The Morgan fingerprint density at radius 2 is 1.93 bits per heavy atom. The molecule has 0 spiro atoms. The van der Waals surface area contributed by atoms with Crippen molar-refractivity contribution in [3.8, 4) is 0 Å². The summed E-state index contributed by atoms with van der Waals surface area (Å²) in [5, 5.41) is 11.6. The van der Waals surface area contributed by atoms with E-state index in [0.29, 0.717) is 44.2 Å². The lowest BCUT2D eigenvalue weighted by Gasteiger charge is -2.28. The van der Waals surface area contributed by atoms with Crippen molar-refractivity contribution in [3.63, 3.8) is 0 Å². The third kappa shape index (κ3) is 4.15. The molecule has 1 heterocycles. The molecule has 0 N–H and O–H groups in total. The monoisotopic (exact) mass is 367 g/mol. The highest BCUT2D eigenvalue weighted by molar-refractivity contribution is 6.07. The number of amides is 1. The summed E-state index contributed by atoms with van der Waals surface area (Å²) >= 11 is 0. The third-order valence-corrected chi connectivity index (χ3v) is 4.40. The number of carbonyl (C=O) groups is 1. The minimum Gasteiger partial charge on any atom is -0.378 e. The van der Waals surface area contributed by atoms with Crippen molar-refractivity contribution in [2.75, 3.05) is 42.6 Å². The van der Waals surface area contributed by atoms with Crippen LogP contribution in [0.15, 0.2) is 61.2 Å². The number of nitro groups is 1. The molecule has 1 saturated heterocycles. The van der Waals surface area contributed by atoms with Crippen LogP contribution < -0.4 is 9.80 Å². The molecule has 0 unspecified atom stereocenters. The Morgan fingerprint density at radius 1 is 1.22 bits per heavy atom. The average Bonchev–Trinajstić information content (AvgIpc) is 2.72. The highest BCUT2D eigenvalue weighted by Crippen LogP contribution is 2.31. The van der Waals surface area contributed by atoms with Gasteiger partial charge in [-0.15, -0.1) is 6.58 Å². The molecule has 7 nitrogen and oxygen atoms in total. The maximum atomic E-state index is 13.0. The van der Waals surface area contributed by atoms with Crippen LogP contribution in [0.2, 0.25) is 0 Å². The topological polar surface area (TPSA) is 75.9 Å². The summed E-state index contributed by atoms with van der Waals surface area (Å²) in [6.07, 6.45) is 1.63. The van der Waals surface area contributed by atoms with Crippen LogP contribution in [0.25, 0.3) is 0 Å². The highest BCUT2D eigenvalue weighted by atomic mass is 16.6. The number of nitro benzene ring substituents is 1. The van der Waals surface area contributed by atoms with E-state index in [0.717, 1.165) is 0 Å². The van der Waals surface area contributed by atoms with Crippen LogP contribution in [0.4, 0.5) is 17.1 Å². The molecule has 0 atom stereocenters. The zero-order chi connectivity index (χ0) is 19.2. The fourth-order valence-electron chi connectivity index (χ4n) is 3.07. The number of carbonyl (C=O) groups excluding carboxylic acids is 1. The van der Waals surface area contributed by atoms with E-state index in [1.54, 1.807) is 23.1 Å². The SMILES string of the molecule is C=CCN(C(=O)c1ccc(N2CCOCC2)c([N+](=O)[O-])c1)c1ccccc1.